The lowest BCUT2D eigenvalue weighted by atomic mass is 9.87. The molecule has 0 spiro atoms. The highest BCUT2D eigenvalue weighted by Crippen LogP contribution is 2.25. The third kappa shape index (κ3) is 5.23. The Labute approximate surface area is 179 Å². The van der Waals surface area contributed by atoms with Crippen molar-refractivity contribution in [3.05, 3.63) is 102 Å². The highest BCUT2D eigenvalue weighted by atomic mass is 32.2. The molecule has 3 rings (SSSR count). The molecule has 156 valence electrons. The van der Waals surface area contributed by atoms with E-state index < -0.39 is 10.0 Å². The van der Waals surface area contributed by atoms with E-state index in [1.54, 1.807) is 36.4 Å². The molecule has 0 amide bonds. The van der Waals surface area contributed by atoms with Crippen LogP contribution in [-0.2, 0) is 22.0 Å². The second kappa shape index (κ2) is 8.94. The first kappa shape index (κ1) is 21.9. The first-order valence-electron chi connectivity index (χ1n) is 9.91. The number of sulfonamides is 1. The number of carbonyl (C=O) groups excluding carboxylic acids is 1. The molecule has 4 nitrogen and oxygen atoms in total. The second-order valence-electron chi connectivity index (χ2n) is 8.32. The van der Waals surface area contributed by atoms with Gasteiger partial charge in [-0.15, -0.1) is 0 Å². The molecule has 0 fully saturated rings. The molecule has 0 unspecified atom stereocenters. The van der Waals surface area contributed by atoms with E-state index in [1.807, 2.05) is 48.5 Å². The Balaban J connectivity index is 1.94. The minimum atomic E-state index is -3.85. The third-order valence-corrected chi connectivity index (χ3v) is 6.78. The fourth-order valence-electron chi connectivity index (χ4n) is 3.16. The zero-order valence-corrected chi connectivity index (χ0v) is 18.4. The molecule has 3 aromatic rings. The van der Waals surface area contributed by atoms with Crippen molar-refractivity contribution >= 4 is 15.8 Å². The van der Waals surface area contributed by atoms with Crippen LogP contribution in [0.1, 0.15) is 42.3 Å². The predicted molar refractivity (Wildman–Crippen MR) is 120 cm³/mol. The zero-order valence-electron chi connectivity index (χ0n) is 17.6. The van der Waals surface area contributed by atoms with Crippen LogP contribution in [0.5, 0.6) is 0 Å². The summed E-state index contributed by atoms with van der Waals surface area (Å²) in [5.74, 6) is -0.235. The number of hydrogen-bond donors (Lipinski definition) is 0. The Hall–Kier alpha value is -2.76. The Bertz CT molecular complexity index is 1080. The predicted octanol–water partition coefficient (Wildman–Crippen LogP) is 5.06. The summed E-state index contributed by atoms with van der Waals surface area (Å²) >= 11 is 0. The Morgan fingerprint density at radius 2 is 1.33 bits per heavy atom. The number of rotatable bonds is 7. The average Bonchev–Trinajstić information content (AvgIpc) is 2.74. The van der Waals surface area contributed by atoms with Crippen LogP contribution < -0.4 is 0 Å². The van der Waals surface area contributed by atoms with E-state index in [0.29, 0.717) is 5.56 Å². The molecular formula is C25H27NO3S. The van der Waals surface area contributed by atoms with Gasteiger partial charge in [0, 0.05) is 12.1 Å². The van der Waals surface area contributed by atoms with Crippen molar-refractivity contribution < 1.29 is 13.2 Å². The fourth-order valence-corrected chi connectivity index (χ4v) is 4.55. The molecular weight excluding hydrogens is 394 g/mol. The molecule has 3 aromatic carbocycles. The lowest BCUT2D eigenvalue weighted by Gasteiger charge is -2.23. The molecule has 0 heterocycles. The molecule has 5 heteroatoms. The summed E-state index contributed by atoms with van der Waals surface area (Å²) < 4.78 is 28.1. The third-order valence-electron chi connectivity index (χ3n) is 4.98. The summed E-state index contributed by atoms with van der Waals surface area (Å²) in [6.07, 6.45) is 0. The van der Waals surface area contributed by atoms with Crippen molar-refractivity contribution in [1.82, 2.24) is 4.31 Å². The summed E-state index contributed by atoms with van der Waals surface area (Å²) in [6, 6.07) is 25.0. The largest absolute Gasteiger partial charge is 0.293 e. The molecule has 0 atom stereocenters. The van der Waals surface area contributed by atoms with E-state index in [0.717, 1.165) is 11.1 Å². The SMILES string of the molecule is CC(C)(C)c1ccc(S(=O)(=O)N(CC(=O)c2ccccc2)Cc2ccccc2)cc1. The van der Waals surface area contributed by atoms with E-state index in [2.05, 4.69) is 20.8 Å². The van der Waals surface area contributed by atoms with Crippen LogP contribution in [0.2, 0.25) is 0 Å². The average molecular weight is 422 g/mol. The Morgan fingerprint density at radius 3 is 1.87 bits per heavy atom. The summed E-state index contributed by atoms with van der Waals surface area (Å²) in [5.41, 5.74) is 2.30. The van der Waals surface area contributed by atoms with Crippen LogP contribution in [0.15, 0.2) is 89.8 Å². The van der Waals surface area contributed by atoms with E-state index in [9.17, 15) is 13.2 Å². The second-order valence-corrected chi connectivity index (χ2v) is 10.3. The van der Waals surface area contributed by atoms with Crippen molar-refractivity contribution in [3.63, 3.8) is 0 Å². The van der Waals surface area contributed by atoms with Gasteiger partial charge in [0.1, 0.15) is 0 Å². The van der Waals surface area contributed by atoms with Crippen LogP contribution in [0.4, 0.5) is 0 Å². The van der Waals surface area contributed by atoms with Gasteiger partial charge in [0.05, 0.1) is 11.4 Å². The van der Waals surface area contributed by atoms with Crippen molar-refractivity contribution in [2.45, 2.75) is 37.6 Å². The number of ketones is 1. The Kier molecular flexibility index (Phi) is 6.54. The molecule has 0 N–H and O–H groups in total. The smallest absolute Gasteiger partial charge is 0.243 e. The fraction of sp³-hybridized carbons (Fsp3) is 0.240. The number of benzene rings is 3. The van der Waals surface area contributed by atoms with Gasteiger partial charge in [-0.3, -0.25) is 4.79 Å². The van der Waals surface area contributed by atoms with Gasteiger partial charge in [0.25, 0.3) is 0 Å². The number of nitrogens with zero attached hydrogens (tertiary/aromatic N) is 1. The van der Waals surface area contributed by atoms with E-state index in [4.69, 9.17) is 0 Å². The summed E-state index contributed by atoms with van der Waals surface area (Å²) in [5, 5.41) is 0. The van der Waals surface area contributed by atoms with E-state index in [1.165, 1.54) is 4.31 Å². The molecule has 0 aromatic heterocycles. The van der Waals surface area contributed by atoms with Crippen LogP contribution in [0.25, 0.3) is 0 Å². The summed E-state index contributed by atoms with van der Waals surface area (Å²) in [6.45, 7) is 6.15. The number of carbonyl (C=O) groups is 1. The molecule has 0 saturated heterocycles. The van der Waals surface area contributed by atoms with Crippen LogP contribution in [0.3, 0.4) is 0 Å². The first-order chi connectivity index (χ1) is 14.2. The standard InChI is InChI=1S/C25H27NO3S/c1-25(2,3)22-14-16-23(17-15-22)30(28,29)26(18-20-10-6-4-7-11-20)19-24(27)21-12-8-5-9-13-21/h4-17H,18-19H2,1-3H3. The van der Waals surface area contributed by atoms with Crippen LogP contribution >= 0.6 is 0 Å². The number of Topliss-reactive ketones (excluding diaryl/α,β-unsaturated/α-hetero) is 1. The van der Waals surface area contributed by atoms with Crippen molar-refractivity contribution in [2.24, 2.45) is 0 Å². The topological polar surface area (TPSA) is 54.5 Å². The van der Waals surface area contributed by atoms with Gasteiger partial charge < -0.3 is 0 Å². The molecule has 30 heavy (non-hydrogen) atoms. The van der Waals surface area contributed by atoms with Crippen molar-refractivity contribution in [2.75, 3.05) is 6.54 Å². The van der Waals surface area contributed by atoms with Gasteiger partial charge in [-0.1, -0.05) is 93.6 Å². The molecule has 0 bridgehead atoms. The highest BCUT2D eigenvalue weighted by molar-refractivity contribution is 7.89. The first-order valence-corrected chi connectivity index (χ1v) is 11.3. The lowest BCUT2D eigenvalue weighted by molar-refractivity contribution is 0.0964. The molecule has 0 aliphatic heterocycles. The summed E-state index contributed by atoms with van der Waals surface area (Å²) in [7, 11) is -3.85. The van der Waals surface area contributed by atoms with Gasteiger partial charge in [0.2, 0.25) is 10.0 Å². The van der Waals surface area contributed by atoms with Gasteiger partial charge in [0.15, 0.2) is 5.78 Å². The maximum Gasteiger partial charge on any atom is 0.243 e. The van der Waals surface area contributed by atoms with E-state index >= 15 is 0 Å². The quantitative estimate of drug-likeness (QED) is 0.501. The molecule has 0 aliphatic rings. The van der Waals surface area contributed by atoms with Gasteiger partial charge in [-0.25, -0.2) is 8.42 Å². The normalized spacial score (nSPS) is 12.1. The molecule has 0 aliphatic carbocycles. The monoisotopic (exact) mass is 421 g/mol. The Morgan fingerprint density at radius 1 is 0.800 bits per heavy atom. The minimum Gasteiger partial charge on any atom is -0.293 e. The minimum absolute atomic E-state index is 0.0741. The summed E-state index contributed by atoms with van der Waals surface area (Å²) in [4.78, 5) is 13.0. The van der Waals surface area contributed by atoms with E-state index in [-0.39, 0.29) is 29.2 Å². The zero-order chi connectivity index (χ0) is 21.8. The van der Waals surface area contributed by atoms with Crippen molar-refractivity contribution in [3.8, 4) is 0 Å². The maximum absolute atomic E-state index is 13.4. The number of hydrogen-bond acceptors (Lipinski definition) is 3. The van der Waals surface area contributed by atoms with Gasteiger partial charge in [-0.05, 0) is 28.7 Å². The van der Waals surface area contributed by atoms with Crippen LogP contribution in [0, 0.1) is 0 Å². The van der Waals surface area contributed by atoms with Crippen LogP contribution in [-0.4, -0.2) is 25.1 Å². The lowest BCUT2D eigenvalue weighted by Crippen LogP contribution is -2.35. The van der Waals surface area contributed by atoms with Gasteiger partial charge >= 0.3 is 0 Å². The van der Waals surface area contributed by atoms with Gasteiger partial charge in [-0.2, -0.15) is 4.31 Å². The van der Waals surface area contributed by atoms with Crippen molar-refractivity contribution in [1.29, 1.82) is 0 Å². The maximum atomic E-state index is 13.4. The highest BCUT2D eigenvalue weighted by Gasteiger charge is 2.28. The molecule has 0 saturated carbocycles. The molecule has 0 radical (unpaired) electrons.